The van der Waals surface area contributed by atoms with Crippen LogP contribution in [0.4, 0.5) is 0 Å². The van der Waals surface area contributed by atoms with Crippen LogP contribution in [0.2, 0.25) is 0 Å². The lowest BCUT2D eigenvalue weighted by Crippen LogP contribution is -2.42. The number of amides is 1. The number of hydrogen-bond donors (Lipinski definition) is 1. The molecule has 0 saturated carbocycles. The minimum Gasteiger partial charge on any atom is -0.335 e. The Morgan fingerprint density at radius 2 is 2.18 bits per heavy atom. The predicted molar refractivity (Wildman–Crippen MR) is 84.7 cm³/mol. The van der Waals surface area contributed by atoms with Gasteiger partial charge < -0.3 is 14.6 Å². The second kappa shape index (κ2) is 5.72. The van der Waals surface area contributed by atoms with Crippen LogP contribution in [0.3, 0.4) is 0 Å². The number of fused-ring (bicyclic) bond motifs is 3. The van der Waals surface area contributed by atoms with Gasteiger partial charge in [-0.3, -0.25) is 4.79 Å². The Labute approximate surface area is 130 Å². The van der Waals surface area contributed by atoms with E-state index >= 15 is 0 Å². The van der Waals surface area contributed by atoms with Crippen molar-refractivity contribution in [2.75, 3.05) is 13.1 Å². The van der Waals surface area contributed by atoms with Crippen molar-refractivity contribution < 1.29 is 4.79 Å². The van der Waals surface area contributed by atoms with E-state index in [-0.39, 0.29) is 0 Å². The molecule has 1 amide bonds. The normalized spacial score (nSPS) is 24.6. The van der Waals surface area contributed by atoms with E-state index in [1.165, 1.54) is 6.42 Å². The number of aromatic nitrogens is 2. The maximum atomic E-state index is 12.7. The average Bonchev–Trinajstić information content (AvgIpc) is 3.04. The number of pyridine rings is 1. The Bertz CT molecular complexity index is 633. The van der Waals surface area contributed by atoms with Crippen LogP contribution in [-0.4, -0.2) is 45.4 Å². The Hall–Kier alpha value is -1.88. The molecule has 0 spiro atoms. The maximum absolute atomic E-state index is 12.7. The Morgan fingerprint density at radius 3 is 3.09 bits per heavy atom. The zero-order valence-corrected chi connectivity index (χ0v) is 12.7. The largest absolute Gasteiger partial charge is 0.335 e. The van der Waals surface area contributed by atoms with E-state index in [1.807, 2.05) is 35.0 Å². The van der Waals surface area contributed by atoms with Crippen LogP contribution in [-0.2, 0) is 11.2 Å². The van der Waals surface area contributed by atoms with E-state index in [4.69, 9.17) is 0 Å². The second-order valence-corrected chi connectivity index (χ2v) is 6.38. The zero-order valence-electron chi connectivity index (χ0n) is 12.7. The number of imidazole rings is 1. The Morgan fingerprint density at radius 1 is 1.27 bits per heavy atom. The van der Waals surface area contributed by atoms with Gasteiger partial charge in [-0.2, -0.15) is 0 Å². The van der Waals surface area contributed by atoms with Crippen molar-refractivity contribution in [3.8, 4) is 0 Å². The van der Waals surface area contributed by atoms with Crippen molar-refractivity contribution in [1.29, 1.82) is 0 Å². The highest BCUT2D eigenvalue weighted by Gasteiger charge is 2.37. The van der Waals surface area contributed by atoms with Crippen LogP contribution >= 0.6 is 0 Å². The topological polar surface area (TPSA) is 49.6 Å². The molecular formula is C17H22N4O. The van der Waals surface area contributed by atoms with Gasteiger partial charge in [0.1, 0.15) is 5.65 Å². The van der Waals surface area contributed by atoms with Gasteiger partial charge in [-0.25, -0.2) is 4.98 Å². The summed E-state index contributed by atoms with van der Waals surface area (Å²) in [7, 11) is 0. The van der Waals surface area contributed by atoms with Crippen LogP contribution in [0.25, 0.3) is 5.65 Å². The van der Waals surface area contributed by atoms with Crippen LogP contribution in [0, 0.1) is 0 Å². The molecule has 2 aliphatic rings. The molecule has 2 aliphatic heterocycles. The van der Waals surface area contributed by atoms with E-state index in [9.17, 15) is 4.79 Å². The molecule has 0 aromatic carbocycles. The SMILES string of the molecule is O=C(CCc1cn2ccccc2n1)N1[C@H]2CCNC[C@@H]1CC2. The van der Waals surface area contributed by atoms with Crippen molar-refractivity contribution in [2.24, 2.45) is 0 Å². The van der Waals surface area contributed by atoms with Gasteiger partial charge in [0, 0.05) is 37.4 Å². The molecule has 2 bridgehead atoms. The van der Waals surface area contributed by atoms with Crippen molar-refractivity contribution in [3.05, 3.63) is 36.3 Å². The molecule has 4 rings (SSSR count). The summed E-state index contributed by atoms with van der Waals surface area (Å²) < 4.78 is 2.01. The molecule has 4 heterocycles. The molecule has 116 valence electrons. The molecule has 5 nitrogen and oxygen atoms in total. The minimum atomic E-state index is 0.299. The molecule has 0 unspecified atom stereocenters. The third kappa shape index (κ3) is 2.50. The molecule has 0 aliphatic carbocycles. The average molecular weight is 298 g/mol. The Kier molecular flexibility index (Phi) is 3.58. The third-order valence-corrected chi connectivity index (χ3v) is 4.95. The summed E-state index contributed by atoms with van der Waals surface area (Å²) in [6.07, 6.45) is 8.73. The number of carbonyl (C=O) groups excluding carboxylic acids is 1. The predicted octanol–water partition coefficient (Wildman–Crippen LogP) is 1.62. The molecule has 0 radical (unpaired) electrons. The first-order valence-corrected chi connectivity index (χ1v) is 8.26. The first-order chi connectivity index (χ1) is 10.8. The van der Waals surface area contributed by atoms with Crippen LogP contribution < -0.4 is 5.32 Å². The van der Waals surface area contributed by atoms with Gasteiger partial charge in [0.15, 0.2) is 0 Å². The van der Waals surface area contributed by atoms with Crippen LogP contribution in [0.15, 0.2) is 30.6 Å². The number of nitrogens with zero attached hydrogens (tertiary/aromatic N) is 3. The van der Waals surface area contributed by atoms with Gasteiger partial charge >= 0.3 is 0 Å². The first kappa shape index (κ1) is 13.8. The van der Waals surface area contributed by atoms with E-state index in [2.05, 4.69) is 15.2 Å². The summed E-state index contributed by atoms with van der Waals surface area (Å²) >= 11 is 0. The standard InChI is InChI=1S/C17H22N4O/c22-17(21-14-5-6-15(21)11-18-9-8-14)7-4-13-12-20-10-2-1-3-16(20)19-13/h1-3,10,12,14-15,18H,4-9,11H2/t14-,15+/m1/s1. The quantitative estimate of drug-likeness (QED) is 0.937. The maximum Gasteiger partial charge on any atom is 0.223 e. The van der Waals surface area contributed by atoms with Crippen molar-refractivity contribution in [3.63, 3.8) is 0 Å². The van der Waals surface area contributed by atoms with Gasteiger partial charge in [0.05, 0.1) is 5.69 Å². The smallest absolute Gasteiger partial charge is 0.223 e. The highest BCUT2D eigenvalue weighted by Crippen LogP contribution is 2.28. The van der Waals surface area contributed by atoms with Crippen molar-refractivity contribution in [2.45, 2.75) is 44.2 Å². The number of nitrogens with one attached hydrogen (secondary N) is 1. The third-order valence-electron chi connectivity index (χ3n) is 4.95. The van der Waals surface area contributed by atoms with Gasteiger partial charge in [-0.15, -0.1) is 0 Å². The summed E-state index contributed by atoms with van der Waals surface area (Å²) in [5.41, 5.74) is 1.95. The fourth-order valence-electron chi connectivity index (χ4n) is 3.86. The van der Waals surface area contributed by atoms with Gasteiger partial charge in [-0.1, -0.05) is 6.07 Å². The van der Waals surface area contributed by atoms with Gasteiger partial charge in [0.25, 0.3) is 0 Å². The van der Waals surface area contributed by atoms with Crippen molar-refractivity contribution in [1.82, 2.24) is 19.6 Å². The van der Waals surface area contributed by atoms with Crippen LogP contribution in [0.5, 0.6) is 0 Å². The molecule has 1 N–H and O–H groups in total. The van der Waals surface area contributed by atoms with E-state index in [1.54, 1.807) is 0 Å². The van der Waals surface area contributed by atoms with E-state index in [0.29, 0.717) is 24.4 Å². The highest BCUT2D eigenvalue weighted by molar-refractivity contribution is 5.77. The first-order valence-electron chi connectivity index (χ1n) is 8.26. The molecule has 2 aromatic heterocycles. The summed E-state index contributed by atoms with van der Waals surface area (Å²) in [5.74, 6) is 0.299. The summed E-state index contributed by atoms with van der Waals surface area (Å²) in [6, 6.07) is 6.83. The summed E-state index contributed by atoms with van der Waals surface area (Å²) in [4.78, 5) is 19.4. The van der Waals surface area contributed by atoms with E-state index in [0.717, 1.165) is 43.7 Å². The molecule has 2 aromatic rings. The lowest BCUT2D eigenvalue weighted by molar-refractivity contribution is -0.133. The second-order valence-electron chi connectivity index (χ2n) is 6.38. The molecule has 2 fully saturated rings. The Balaban J connectivity index is 1.43. The monoisotopic (exact) mass is 298 g/mol. The summed E-state index contributed by atoms with van der Waals surface area (Å²) in [6.45, 7) is 1.99. The summed E-state index contributed by atoms with van der Waals surface area (Å²) in [5, 5.41) is 3.45. The lowest BCUT2D eigenvalue weighted by atomic mass is 10.1. The van der Waals surface area contributed by atoms with E-state index < -0.39 is 0 Å². The fraction of sp³-hybridized carbons (Fsp3) is 0.529. The van der Waals surface area contributed by atoms with Gasteiger partial charge in [-0.05, 0) is 44.4 Å². The van der Waals surface area contributed by atoms with Crippen LogP contribution in [0.1, 0.15) is 31.4 Å². The molecule has 2 saturated heterocycles. The number of carbonyl (C=O) groups is 1. The highest BCUT2D eigenvalue weighted by atomic mass is 16.2. The lowest BCUT2D eigenvalue weighted by Gasteiger charge is -2.27. The van der Waals surface area contributed by atoms with Crippen molar-refractivity contribution >= 4 is 11.6 Å². The minimum absolute atomic E-state index is 0.299. The van der Waals surface area contributed by atoms with Gasteiger partial charge in [0.2, 0.25) is 5.91 Å². The molecule has 2 atom stereocenters. The number of aryl methyl sites for hydroxylation is 1. The number of hydrogen-bond acceptors (Lipinski definition) is 3. The fourth-order valence-corrected chi connectivity index (χ4v) is 3.86. The zero-order chi connectivity index (χ0) is 14.9. The molecular weight excluding hydrogens is 276 g/mol. The number of rotatable bonds is 3. The molecule has 5 heteroatoms. The molecule has 22 heavy (non-hydrogen) atoms.